The number of carbonyl (C=O) groups is 1. The average molecular weight is 157 g/mol. The van der Waals surface area contributed by atoms with E-state index >= 15 is 0 Å². The number of rotatable bonds is 3. The molecule has 0 aliphatic rings. The average Bonchev–Trinajstić information content (AvgIpc) is 1.86. The number of amides is 1. The molecule has 1 amide bonds. The van der Waals surface area contributed by atoms with Crippen LogP contribution in [-0.2, 0) is 4.79 Å². The molecule has 0 saturated carbocycles. The van der Waals surface area contributed by atoms with Crippen molar-refractivity contribution in [2.75, 3.05) is 14.1 Å². The molecular formula is C9H19NO. The molecule has 0 aromatic rings. The molecule has 0 rings (SSSR count). The summed E-state index contributed by atoms with van der Waals surface area (Å²) in [7, 11) is 3.61. The first-order chi connectivity index (χ1) is 4.91. The summed E-state index contributed by atoms with van der Waals surface area (Å²) in [6.07, 6.45) is 2.02. The van der Waals surface area contributed by atoms with Gasteiger partial charge in [0.2, 0.25) is 5.91 Å². The molecule has 0 unspecified atom stereocenters. The topological polar surface area (TPSA) is 20.3 Å². The van der Waals surface area contributed by atoms with Gasteiger partial charge < -0.3 is 4.90 Å². The van der Waals surface area contributed by atoms with Gasteiger partial charge in [-0.05, 0) is 6.42 Å². The van der Waals surface area contributed by atoms with E-state index in [0.717, 1.165) is 12.8 Å². The molecule has 0 bridgehead atoms. The fraction of sp³-hybridized carbons (Fsp3) is 0.889. The van der Waals surface area contributed by atoms with E-state index in [4.69, 9.17) is 0 Å². The Morgan fingerprint density at radius 1 is 1.36 bits per heavy atom. The van der Waals surface area contributed by atoms with Crippen LogP contribution in [0.15, 0.2) is 0 Å². The molecule has 0 aromatic carbocycles. The summed E-state index contributed by atoms with van der Waals surface area (Å²) < 4.78 is 0. The Kier molecular flexibility index (Phi) is 3.56. The van der Waals surface area contributed by atoms with Crippen LogP contribution in [0.4, 0.5) is 0 Å². The maximum absolute atomic E-state index is 11.5. The molecule has 0 radical (unpaired) electrons. The molecule has 2 nitrogen and oxygen atoms in total. The molecule has 0 N–H and O–H groups in total. The first-order valence-electron chi connectivity index (χ1n) is 4.13. The van der Waals surface area contributed by atoms with Crippen molar-refractivity contribution in [3.63, 3.8) is 0 Å². The van der Waals surface area contributed by atoms with Crippen molar-refractivity contribution in [3.05, 3.63) is 0 Å². The fourth-order valence-electron chi connectivity index (χ4n) is 1.34. The minimum Gasteiger partial charge on any atom is -0.348 e. The zero-order chi connectivity index (χ0) is 9.07. The Bertz CT molecular complexity index is 138. The van der Waals surface area contributed by atoms with Gasteiger partial charge in [0.25, 0.3) is 0 Å². The van der Waals surface area contributed by atoms with Crippen LogP contribution in [0.3, 0.4) is 0 Å². The first kappa shape index (κ1) is 10.5. The normalized spacial score (nSPS) is 11.4. The second-order valence-electron chi connectivity index (χ2n) is 3.83. The van der Waals surface area contributed by atoms with Crippen LogP contribution in [0.5, 0.6) is 0 Å². The molecule has 0 aliphatic carbocycles. The summed E-state index contributed by atoms with van der Waals surface area (Å²) >= 11 is 0. The highest BCUT2D eigenvalue weighted by molar-refractivity contribution is 5.81. The summed E-state index contributed by atoms with van der Waals surface area (Å²) in [5, 5.41) is 0. The smallest absolute Gasteiger partial charge is 0.227 e. The first-order valence-corrected chi connectivity index (χ1v) is 4.13. The molecule has 66 valence electrons. The highest BCUT2D eigenvalue weighted by atomic mass is 16.2. The number of hydrogen-bond acceptors (Lipinski definition) is 1. The van der Waals surface area contributed by atoms with Crippen LogP contribution in [0.2, 0.25) is 0 Å². The van der Waals surface area contributed by atoms with E-state index in [0.29, 0.717) is 0 Å². The molecule has 0 aromatic heterocycles. The lowest BCUT2D eigenvalue weighted by Crippen LogP contribution is -2.35. The summed E-state index contributed by atoms with van der Waals surface area (Å²) in [4.78, 5) is 13.1. The minimum atomic E-state index is -0.182. The molecule has 0 aliphatic heterocycles. The molecule has 0 spiro atoms. The van der Waals surface area contributed by atoms with Crippen LogP contribution in [0, 0.1) is 5.41 Å². The highest BCUT2D eigenvalue weighted by Gasteiger charge is 2.27. The third kappa shape index (κ3) is 2.91. The van der Waals surface area contributed by atoms with Gasteiger partial charge in [-0.2, -0.15) is 0 Å². The van der Waals surface area contributed by atoms with Gasteiger partial charge in [-0.15, -0.1) is 0 Å². The van der Waals surface area contributed by atoms with E-state index in [1.165, 1.54) is 0 Å². The van der Waals surface area contributed by atoms with E-state index in [2.05, 4.69) is 6.92 Å². The van der Waals surface area contributed by atoms with E-state index < -0.39 is 0 Å². The van der Waals surface area contributed by atoms with Crippen molar-refractivity contribution in [1.82, 2.24) is 4.90 Å². The van der Waals surface area contributed by atoms with Crippen LogP contribution in [0.25, 0.3) is 0 Å². The highest BCUT2D eigenvalue weighted by Crippen LogP contribution is 2.23. The molecule has 0 fully saturated rings. The minimum absolute atomic E-state index is 0.182. The standard InChI is InChI=1S/C9H19NO/c1-6-7-9(2,3)8(11)10(4)5/h6-7H2,1-5H3. The number of carbonyl (C=O) groups excluding carboxylic acids is 1. The monoisotopic (exact) mass is 157 g/mol. The molecular weight excluding hydrogens is 138 g/mol. The lowest BCUT2D eigenvalue weighted by molar-refractivity contribution is -0.138. The Labute approximate surface area is 69.6 Å². The summed E-state index contributed by atoms with van der Waals surface area (Å²) in [5.74, 6) is 0.222. The third-order valence-electron chi connectivity index (χ3n) is 1.86. The number of nitrogens with zero attached hydrogens (tertiary/aromatic N) is 1. The van der Waals surface area contributed by atoms with E-state index in [1.807, 2.05) is 13.8 Å². The Morgan fingerprint density at radius 3 is 2.09 bits per heavy atom. The van der Waals surface area contributed by atoms with Crippen LogP contribution < -0.4 is 0 Å². The van der Waals surface area contributed by atoms with Gasteiger partial charge in [0.05, 0.1) is 0 Å². The van der Waals surface area contributed by atoms with Gasteiger partial charge in [0.15, 0.2) is 0 Å². The van der Waals surface area contributed by atoms with Crippen LogP contribution in [-0.4, -0.2) is 24.9 Å². The largest absolute Gasteiger partial charge is 0.348 e. The van der Waals surface area contributed by atoms with Gasteiger partial charge in [0, 0.05) is 19.5 Å². The van der Waals surface area contributed by atoms with Gasteiger partial charge in [0.1, 0.15) is 0 Å². The molecule has 0 saturated heterocycles. The fourth-order valence-corrected chi connectivity index (χ4v) is 1.34. The van der Waals surface area contributed by atoms with Crippen LogP contribution >= 0.6 is 0 Å². The SMILES string of the molecule is CCCC(C)(C)C(=O)N(C)C. The molecule has 11 heavy (non-hydrogen) atoms. The van der Waals surface area contributed by atoms with Crippen molar-refractivity contribution >= 4 is 5.91 Å². The van der Waals surface area contributed by atoms with Gasteiger partial charge in [-0.25, -0.2) is 0 Å². The molecule has 0 atom stereocenters. The second-order valence-corrected chi connectivity index (χ2v) is 3.83. The predicted molar refractivity (Wildman–Crippen MR) is 47.4 cm³/mol. The van der Waals surface area contributed by atoms with Crippen LogP contribution in [0.1, 0.15) is 33.6 Å². The van der Waals surface area contributed by atoms with Gasteiger partial charge in [-0.3, -0.25) is 4.79 Å². The quantitative estimate of drug-likeness (QED) is 0.612. The van der Waals surface area contributed by atoms with Crippen molar-refractivity contribution in [3.8, 4) is 0 Å². The summed E-state index contributed by atoms with van der Waals surface area (Å²) in [5.41, 5.74) is -0.182. The van der Waals surface area contributed by atoms with E-state index in [9.17, 15) is 4.79 Å². The predicted octanol–water partition coefficient (Wildman–Crippen LogP) is 1.90. The lowest BCUT2D eigenvalue weighted by atomic mass is 9.87. The maximum Gasteiger partial charge on any atom is 0.227 e. The van der Waals surface area contributed by atoms with Crippen molar-refractivity contribution in [1.29, 1.82) is 0 Å². The van der Waals surface area contributed by atoms with E-state index in [-0.39, 0.29) is 11.3 Å². The van der Waals surface area contributed by atoms with Gasteiger partial charge in [-0.1, -0.05) is 27.2 Å². The third-order valence-corrected chi connectivity index (χ3v) is 1.86. The Morgan fingerprint density at radius 2 is 1.82 bits per heavy atom. The van der Waals surface area contributed by atoms with Crippen molar-refractivity contribution in [2.45, 2.75) is 33.6 Å². The Balaban J connectivity index is 4.17. The number of hydrogen-bond donors (Lipinski definition) is 0. The Hall–Kier alpha value is -0.530. The molecule has 2 heteroatoms. The molecule has 0 heterocycles. The second kappa shape index (κ2) is 3.74. The summed E-state index contributed by atoms with van der Waals surface area (Å²) in [6, 6.07) is 0. The maximum atomic E-state index is 11.5. The van der Waals surface area contributed by atoms with Crippen molar-refractivity contribution < 1.29 is 4.79 Å². The zero-order valence-electron chi connectivity index (χ0n) is 8.27. The van der Waals surface area contributed by atoms with Gasteiger partial charge >= 0.3 is 0 Å². The lowest BCUT2D eigenvalue weighted by Gasteiger charge is -2.26. The zero-order valence-corrected chi connectivity index (χ0v) is 8.27. The van der Waals surface area contributed by atoms with Crippen molar-refractivity contribution in [2.24, 2.45) is 5.41 Å². The van der Waals surface area contributed by atoms with E-state index in [1.54, 1.807) is 19.0 Å². The summed E-state index contributed by atoms with van der Waals surface area (Å²) in [6.45, 7) is 6.10.